The van der Waals surface area contributed by atoms with Crippen LogP contribution in [0.2, 0.25) is 0 Å². The number of nitrogens with one attached hydrogen (secondary N) is 3. The van der Waals surface area contributed by atoms with E-state index in [2.05, 4.69) is 51.4 Å². The predicted molar refractivity (Wildman–Crippen MR) is 107 cm³/mol. The number of halogens is 1. The number of amides is 1. The van der Waals surface area contributed by atoms with Crippen LogP contribution in [0.25, 0.3) is 0 Å². The van der Waals surface area contributed by atoms with E-state index in [1.165, 1.54) is 24.1 Å². The molecule has 3 atom stereocenters. The van der Waals surface area contributed by atoms with Crippen molar-refractivity contribution in [1.29, 1.82) is 0 Å². The van der Waals surface area contributed by atoms with E-state index < -0.39 is 0 Å². The second kappa shape index (κ2) is 8.82. The zero-order valence-electron chi connectivity index (χ0n) is 15.9. The van der Waals surface area contributed by atoms with Gasteiger partial charge < -0.3 is 10.2 Å². The lowest BCUT2D eigenvalue weighted by molar-refractivity contribution is -0.122. The predicted octanol–water partition coefficient (Wildman–Crippen LogP) is 2.34. The Hall–Kier alpha value is -2.28. The first-order valence-corrected chi connectivity index (χ1v) is 10.0. The number of likely N-dealkylation sites (tertiary alicyclic amines) is 1. The Kier molecular flexibility index (Phi) is 6.00. The van der Waals surface area contributed by atoms with Gasteiger partial charge in [0, 0.05) is 25.7 Å². The lowest BCUT2D eigenvalue weighted by Crippen LogP contribution is -2.45. The van der Waals surface area contributed by atoms with Gasteiger partial charge in [-0.1, -0.05) is 42.5 Å². The standard InChI is InChI=1S/C22H27FN4O/c23-19-8-6-17(7-9-19)20-14-21(26-25-20)22(28)24-11-13-27-12-10-18(15-27)16-4-2-1-3-5-16/h1-9,18,20-21,25-26H,10-15H2,(H,24,28). The summed E-state index contributed by atoms with van der Waals surface area (Å²) in [4.78, 5) is 14.9. The zero-order valence-corrected chi connectivity index (χ0v) is 15.9. The van der Waals surface area contributed by atoms with E-state index in [1.54, 1.807) is 12.1 Å². The highest BCUT2D eigenvalue weighted by atomic mass is 19.1. The molecule has 6 heteroatoms. The first-order valence-electron chi connectivity index (χ1n) is 10.0. The molecule has 148 valence electrons. The highest BCUT2D eigenvalue weighted by Crippen LogP contribution is 2.26. The Bertz CT molecular complexity index is 783. The summed E-state index contributed by atoms with van der Waals surface area (Å²) in [6.07, 6.45) is 1.82. The number of hydrazine groups is 1. The molecule has 0 radical (unpaired) electrons. The van der Waals surface area contributed by atoms with Gasteiger partial charge in [-0.2, -0.15) is 0 Å². The molecule has 28 heavy (non-hydrogen) atoms. The highest BCUT2D eigenvalue weighted by molar-refractivity contribution is 5.82. The number of nitrogens with zero attached hydrogens (tertiary/aromatic N) is 1. The summed E-state index contributed by atoms with van der Waals surface area (Å²) < 4.78 is 13.1. The van der Waals surface area contributed by atoms with Crippen molar-refractivity contribution < 1.29 is 9.18 Å². The molecule has 3 N–H and O–H groups in total. The Balaban J connectivity index is 1.19. The Morgan fingerprint density at radius 2 is 1.86 bits per heavy atom. The Morgan fingerprint density at radius 1 is 1.07 bits per heavy atom. The fraction of sp³-hybridized carbons (Fsp3) is 0.409. The molecule has 5 nitrogen and oxygen atoms in total. The Morgan fingerprint density at radius 3 is 2.64 bits per heavy atom. The van der Waals surface area contributed by atoms with Crippen LogP contribution in [0.4, 0.5) is 4.39 Å². The summed E-state index contributed by atoms with van der Waals surface area (Å²) in [6.45, 7) is 3.65. The minimum atomic E-state index is -0.273. The average molecular weight is 382 g/mol. The van der Waals surface area contributed by atoms with Gasteiger partial charge >= 0.3 is 0 Å². The largest absolute Gasteiger partial charge is 0.353 e. The van der Waals surface area contributed by atoms with Gasteiger partial charge in [0.25, 0.3) is 0 Å². The van der Waals surface area contributed by atoms with Crippen LogP contribution in [0.15, 0.2) is 54.6 Å². The normalized spacial score (nSPS) is 25.1. The molecule has 2 aliphatic rings. The minimum Gasteiger partial charge on any atom is -0.353 e. The van der Waals surface area contributed by atoms with E-state index in [4.69, 9.17) is 0 Å². The van der Waals surface area contributed by atoms with E-state index in [1.807, 2.05) is 0 Å². The molecule has 0 aromatic heterocycles. The first kappa shape index (κ1) is 19.1. The van der Waals surface area contributed by atoms with Crippen molar-refractivity contribution in [2.24, 2.45) is 0 Å². The quantitative estimate of drug-likeness (QED) is 0.718. The van der Waals surface area contributed by atoms with Gasteiger partial charge in [-0.25, -0.2) is 15.2 Å². The van der Waals surface area contributed by atoms with Gasteiger partial charge in [-0.3, -0.25) is 4.79 Å². The maximum Gasteiger partial charge on any atom is 0.238 e. The lowest BCUT2D eigenvalue weighted by atomic mass is 9.99. The first-order chi connectivity index (χ1) is 13.7. The molecule has 1 amide bonds. The molecule has 4 rings (SSSR count). The minimum absolute atomic E-state index is 0.0101. The molecule has 0 bridgehead atoms. The van der Waals surface area contributed by atoms with E-state index in [-0.39, 0.29) is 23.8 Å². The lowest BCUT2D eigenvalue weighted by Gasteiger charge is -2.17. The summed E-state index contributed by atoms with van der Waals surface area (Å²) in [7, 11) is 0. The monoisotopic (exact) mass is 382 g/mol. The molecule has 2 aromatic carbocycles. The molecule has 2 heterocycles. The number of hydrogen-bond acceptors (Lipinski definition) is 4. The smallest absolute Gasteiger partial charge is 0.238 e. The van der Waals surface area contributed by atoms with Gasteiger partial charge in [0.15, 0.2) is 0 Å². The Labute approximate surface area is 165 Å². The number of rotatable bonds is 6. The maximum atomic E-state index is 13.1. The topological polar surface area (TPSA) is 56.4 Å². The molecular weight excluding hydrogens is 355 g/mol. The van der Waals surface area contributed by atoms with Crippen molar-refractivity contribution in [3.05, 3.63) is 71.5 Å². The van der Waals surface area contributed by atoms with Crippen LogP contribution in [0.5, 0.6) is 0 Å². The maximum absolute atomic E-state index is 13.1. The van der Waals surface area contributed by atoms with E-state index in [0.717, 1.165) is 25.2 Å². The van der Waals surface area contributed by atoms with E-state index in [9.17, 15) is 9.18 Å². The number of hydrogen-bond donors (Lipinski definition) is 3. The molecule has 2 saturated heterocycles. The van der Waals surface area contributed by atoms with Crippen molar-refractivity contribution in [3.8, 4) is 0 Å². The van der Waals surface area contributed by atoms with Crippen LogP contribution >= 0.6 is 0 Å². The molecule has 2 aromatic rings. The zero-order chi connectivity index (χ0) is 19.3. The van der Waals surface area contributed by atoms with E-state index in [0.29, 0.717) is 18.9 Å². The van der Waals surface area contributed by atoms with Crippen molar-refractivity contribution in [2.45, 2.75) is 30.8 Å². The number of carbonyl (C=O) groups is 1. The summed E-state index contributed by atoms with van der Waals surface area (Å²) in [5.41, 5.74) is 8.58. The molecule has 2 aliphatic heterocycles. The molecule has 0 spiro atoms. The van der Waals surface area contributed by atoms with Gasteiger partial charge in [-0.05, 0) is 48.6 Å². The number of benzene rings is 2. The summed E-state index contributed by atoms with van der Waals surface area (Å²) in [5, 5.41) is 3.04. The van der Waals surface area contributed by atoms with Crippen molar-refractivity contribution in [1.82, 2.24) is 21.1 Å². The van der Waals surface area contributed by atoms with Gasteiger partial charge in [0.2, 0.25) is 5.91 Å². The molecular formula is C22H27FN4O. The van der Waals surface area contributed by atoms with Crippen LogP contribution in [-0.4, -0.2) is 43.0 Å². The van der Waals surface area contributed by atoms with Gasteiger partial charge in [0.05, 0.1) is 0 Å². The third-order valence-electron chi connectivity index (χ3n) is 5.76. The van der Waals surface area contributed by atoms with Crippen molar-refractivity contribution >= 4 is 5.91 Å². The third-order valence-corrected chi connectivity index (χ3v) is 5.76. The van der Waals surface area contributed by atoms with Crippen LogP contribution in [-0.2, 0) is 4.79 Å². The summed E-state index contributed by atoms with van der Waals surface area (Å²) >= 11 is 0. The molecule has 0 aliphatic carbocycles. The van der Waals surface area contributed by atoms with Gasteiger partial charge in [-0.15, -0.1) is 0 Å². The molecule has 2 fully saturated rings. The fourth-order valence-electron chi connectivity index (χ4n) is 4.14. The van der Waals surface area contributed by atoms with Crippen LogP contribution in [0.3, 0.4) is 0 Å². The van der Waals surface area contributed by atoms with Crippen LogP contribution in [0, 0.1) is 5.82 Å². The van der Waals surface area contributed by atoms with Crippen LogP contribution < -0.4 is 16.2 Å². The van der Waals surface area contributed by atoms with E-state index >= 15 is 0 Å². The average Bonchev–Trinajstić information content (AvgIpc) is 3.39. The van der Waals surface area contributed by atoms with Crippen LogP contribution in [0.1, 0.15) is 35.9 Å². The summed E-state index contributed by atoms with van der Waals surface area (Å²) in [6, 6.07) is 16.8. The summed E-state index contributed by atoms with van der Waals surface area (Å²) in [5.74, 6) is 0.352. The van der Waals surface area contributed by atoms with Crippen molar-refractivity contribution in [2.75, 3.05) is 26.2 Å². The molecule has 0 saturated carbocycles. The third kappa shape index (κ3) is 4.58. The SMILES string of the molecule is O=C(NCCN1CCC(c2ccccc2)C1)C1CC(c2ccc(F)cc2)NN1. The number of carbonyl (C=O) groups excluding carboxylic acids is 1. The van der Waals surface area contributed by atoms with Gasteiger partial charge in [0.1, 0.15) is 11.9 Å². The molecule has 3 unspecified atom stereocenters. The fourth-order valence-corrected chi connectivity index (χ4v) is 4.14. The second-order valence-electron chi connectivity index (χ2n) is 7.67. The van der Waals surface area contributed by atoms with Crippen molar-refractivity contribution in [3.63, 3.8) is 0 Å². The second-order valence-corrected chi connectivity index (χ2v) is 7.67. The highest BCUT2D eigenvalue weighted by Gasteiger charge is 2.30.